The molecule has 0 radical (unpaired) electrons. The van der Waals surface area contributed by atoms with Crippen molar-refractivity contribution >= 4 is 45.6 Å². The minimum Gasteiger partial charge on any atom is -0.394 e. The molecule has 3 aromatic rings. The molecule has 0 spiro atoms. The van der Waals surface area contributed by atoms with Crippen LogP contribution in [-0.2, 0) is 0 Å². The number of benzene rings is 2. The second kappa shape index (κ2) is 7.50. The summed E-state index contributed by atoms with van der Waals surface area (Å²) in [5, 5.41) is 13.8. The summed E-state index contributed by atoms with van der Waals surface area (Å²) < 4.78 is 1.46. The summed E-state index contributed by atoms with van der Waals surface area (Å²) in [6, 6.07) is 11.1. The Morgan fingerprint density at radius 2 is 1.96 bits per heavy atom. The number of halogens is 2. The van der Waals surface area contributed by atoms with Crippen LogP contribution in [0.25, 0.3) is 10.8 Å². The third-order valence-corrected chi connectivity index (χ3v) is 4.70. The molecule has 1 unspecified atom stereocenters. The topological polar surface area (TPSA) is 71.3 Å². The lowest BCUT2D eigenvalue weighted by Gasteiger charge is -2.15. The minimum atomic E-state index is -0.419. The Kier molecular flexibility index (Phi) is 5.32. The highest BCUT2D eigenvalue weighted by molar-refractivity contribution is 6.36. The number of anilines is 1. The first-order valence-electron chi connectivity index (χ1n) is 7.93. The van der Waals surface area contributed by atoms with Crippen molar-refractivity contribution in [3.8, 4) is 0 Å². The van der Waals surface area contributed by atoms with E-state index in [2.05, 4.69) is 5.32 Å². The summed E-state index contributed by atoms with van der Waals surface area (Å²) in [5.41, 5.74) is 0.504. The molecule has 0 fully saturated rings. The zero-order valence-corrected chi connectivity index (χ0v) is 15.4. The van der Waals surface area contributed by atoms with E-state index in [0.717, 1.165) is 0 Å². The van der Waals surface area contributed by atoms with E-state index in [4.69, 9.17) is 23.2 Å². The van der Waals surface area contributed by atoms with Crippen molar-refractivity contribution in [2.75, 3.05) is 11.9 Å². The number of aliphatic hydroxyl groups excluding tert-OH is 1. The lowest BCUT2D eigenvalue weighted by Crippen LogP contribution is -2.25. The van der Waals surface area contributed by atoms with E-state index in [1.54, 1.807) is 49.5 Å². The molecule has 1 amide bonds. The van der Waals surface area contributed by atoms with Crippen molar-refractivity contribution < 1.29 is 9.90 Å². The van der Waals surface area contributed by atoms with E-state index >= 15 is 0 Å². The molecule has 0 aliphatic rings. The first-order chi connectivity index (χ1) is 12.4. The van der Waals surface area contributed by atoms with Crippen LogP contribution in [0.5, 0.6) is 0 Å². The lowest BCUT2D eigenvalue weighted by molar-refractivity contribution is 0.102. The Morgan fingerprint density at radius 1 is 1.19 bits per heavy atom. The maximum atomic E-state index is 12.6. The van der Waals surface area contributed by atoms with Crippen LogP contribution < -0.4 is 10.9 Å². The predicted octanol–water partition coefficient (Wildman–Crippen LogP) is 4.11. The molecule has 134 valence electrons. The van der Waals surface area contributed by atoms with Gasteiger partial charge in [0.1, 0.15) is 0 Å². The molecular weight excluding hydrogens is 375 g/mol. The molecule has 2 N–H and O–H groups in total. The summed E-state index contributed by atoms with van der Waals surface area (Å²) in [6.45, 7) is 1.61. The molecule has 7 heteroatoms. The number of aromatic nitrogens is 1. The molecule has 0 saturated carbocycles. The summed E-state index contributed by atoms with van der Waals surface area (Å²) in [4.78, 5) is 25.2. The molecule has 0 aliphatic heterocycles. The minimum absolute atomic E-state index is 0.144. The van der Waals surface area contributed by atoms with Gasteiger partial charge in [-0.3, -0.25) is 9.59 Å². The largest absolute Gasteiger partial charge is 0.394 e. The van der Waals surface area contributed by atoms with E-state index in [1.165, 1.54) is 10.6 Å². The summed E-state index contributed by atoms with van der Waals surface area (Å²) >= 11 is 12.0. The highest BCUT2D eigenvalue weighted by Gasteiger charge is 2.15. The molecule has 1 aromatic heterocycles. The smallest absolute Gasteiger partial charge is 0.258 e. The Balaban J connectivity index is 2.03. The van der Waals surface area contributed by atoms with Gasteiger partial charge in [-0.15, -0.1) is 0 Å². The van der Waals surface area contributed by atoms with Crippen molar-refractivity contribution in [3.05, 3.63) is 74.6 Å². The standard InChI is InChI=1S/C19H16Cl2N2O3/c1-11(10-24)23-8-7-13-14(19(23)26)3-2-4-17(13)22-18(25)15-9-12(20)5-6-16(15)21/h2-9,11,24H,10H2,1H3,(H,22,25). The normalized spacial score (nSPS) is 12.2. The fourth-order valence-electron chi connectivity index (χ4n) is 2.70. The number of amides is 1. The number of carbonyl (C=O) groups is 1. The molecule has 0 saturated heterocycles. The maximum absolute atomic E-state index is 12.6. The highest BCUT2D eigenvalue weighted by Crippen LogP contribution is 2.25. The van der Waals surface area contributed by atoms with Crippen LogP contribution in [0.2, 0.25) is 10.0 Å². The van der Waals surface area contributed by atoms with Crippen molar-refractivity contribution in [1.82, 2.24) is 4.57 Å². The van der Waals surface area contributed by atoms with Crippen molar-refractivity contribution in [2.45, 2.75) is 13.0 Å². The maximum Gasteiger partial charge on any atom is 0.258 e. The van der Waals surface area contributed by atoms with Gasteiger partial charge in [-0.25, -0.2) is 0 Å². The van der Waals surface area contributed by atoms with Gasteiger partial charge >= 0.3 is 0 Å². The molecular formula is C19H16Cl2N2O3. The van der Waals surface area contributed by atoms with Crippen LogP contribution in [-0.4, -0.2) is 22.2 Å². The summed E-state index contributed by atoms with van der Waals surface area (Å²) in [6.07, 6.45) is 1.60. The fourth-order valence-corrected chi connectivity index (χ4v) is 3.07. The molecule has 3 rings (SSSR count). The molecule has 5 nitrogen and oxygen atoms in total. The number of nitrogens with zero attached hydrogens (tertiary/aromatic N) is 1. The second-order valence-electron chi connectivity index (χ2n) is 5.90. The van der Waals surface area contributed by atoms with Gasteiger partial charge in [-0.1, -0.05) is 29.3 Å². The van der Waals surface area contributed by atoms with E-state index < -0.39 is 5.91 Å². The van der Waals surface area contributed by atoms with Crippen LogP contribution in [0.3, 0.4) is 0 Å². The number of fused-ring (bicyclic) bond motifs is 1. The summed E-state index contributed by atoms with van der Waals surface area (Å²) in [5.74, 6) is -0.419. The monoisotopic (exact) mass is 390 g/mol. The lowest BCUT2D eigenvalue weighted by atomic mass is 10.1. The van der Waals surface area contributed by atoms with Crippen LogP contribution in [0, 0.1) is 0 Å². The van der Waals surface area contributed by atoms with E-state index in [0.29, 0.717) is 21.5 Å². The van der Waals surface area contributed by atoms with Gasteiger partial charge in [0, 0.05) is 27.7 Å². The van der Waals surface area contributed by atoms with Gasteiger partial charge in [0.05, 0.1) is 23.2 Å². The van der Waals surface area contributed by atoms with E-state index in [-0.39, 0.29) is 28.8 Å². The van der Waals surface area contributed by atoms with Crippen molar-refractivity contribution in [1.29, 1.82) is 0 Å². The number of hydrogen-bond donors (Lipinski definition) is 2. The van der Waals surface area contributed by atoms with E-state index in [1.807, 2.05) is 0 Å². The number of carbonyl (C=O) groups excluding carboxylic acids is 1. The van der Waals surface area contributed by atoms with Gasteiger partial charge in [0.25, 0.3) is 11.5 Å². The Morgan fingerprint density at radius 3 is 2.69 bits per heavy atom. The third kappa shape index (κ3) is 3.46. The van der Waals surface area contributed by atoms with Crippen molar-refractivity contribution in [2.24, 2.45) is 0 Å². The van der Waals surface area contributed by atoms with Gasteiger partial charge in [-0.05, 0) is 43.3 Å². The molecule has 2 aromatic carbocycles. The van der Waals surface area contributed by atoms with Gasteiger partial charge in [0.2, 0.25) is 0 Å². The predicted molar refractivity (Wildman–Crippen MR) is 104 cm³/mol. The first-order valence-corrected chi connectivity index (χ1v) is 8.69. The number of aliphatic hydroxyl groups is 1. The second-order valence-corrected chi connectivity index (χ2v) is 6.75. The number of hydrogen-bond acceptors (Lipinski definition) is 3. The van der Waals surface area contributed by atoms with Crippen LogP contribution in [0.4, 0.5) is 5.69 Å². The number of nitrogens with one attached hydrogen (secondary N) is 1. The van der Waals surface area contributed by atoms with Crippen LogP contribution in [0.1, 0.15) is 23.3 Å². The Labute approximate surface area is 159 Å². The zero-order chi connectivity index (χ0) is 18.8. The quantitative estimate of drug-likeness (QED) is 0.703. The summed E-state index contributed by atoms with van der Waals surface area (Å²) in [7, 11) is 0. The number of rotatable bonds is 4. The Hall–Kier alpha value is -2.34. The van der Waals surface area contributed by atoms with Crippen LogP contribution >= 0.6 is 23.2 Å². The number of pyridine rings is 1. The van der Waals surface area contributed by atoms with Crippen molar-refractivity contribution in [3.63, 3.8) is 0 Å². The highest BCUT2D eigenvalue weighted by atomic mass is 35.5. The van der Waals surface area contributed by atoms with Crippen LogP contribution in [0.15, 0.2) is 53.5 Å². The molecule has 1 heterocycles. The average molecular weight is 391 g/mol. The molecule has 0 bridgehead atoms. The SMILES string of the molecule is CC(CO)n1ccc2c(NC(=O)c3cc(Cl)ccc3Cl)cccc2c1=O. The fraction of sp³-hybridized carbons (Fsp3) is 0.158. The zero-order valence-electron chi connectivity index (χ0n) is 13.9. The Bertz CT molecular complexity index is 1050. The van der Waals surface area contributed by atoms with Gasteiger partial charge in [-0.2, -0.15) is 0 Å². The first kappa shape index (κ1) is 18.5. The van der Waals surface area contributed by atoms with Gasteiger partial charge < -0.3 is 15.0 Å². The third-order valence-electron chi connectivity index (χ3n) is 4.13. The molecule has 1 atom stereocenters. The molecule has 26 heavy (non-hydrogen) atoms. The molecule has 0 aliphatic carbocycles. The van der Waals surface area contributed by atoms with E-state index in [9.17, 15) is 14.7 Å². The average Bonchev–Trinajstić information content (AvgIpc) is 2.64. The van der Waals surface area contributed by atoms with Gasteiger partial charge in [0.15, 0.2) is 0 Å².